The summed E-state index contributed by atoms with van der Waals surface area (Å²) in [5.41, 5.74) is 3.20. The normalized spacial score (nSPS) is 17.0. The largest absolute Gasteiger partial charge is 0.416 e. The molecule has 1 aromatic heterocycles. The van der Waals surface area contributed by atoms with Crippen LogP contribution < -0.4 is 5.32 Å². The number of benzene rings is 2. The molecule has 1 amide bonds. The van der Waals surface area contributed by atoms with E-state index in [1.807, 2.05) is 12.1 Å². The number of aryl methyl sites for hydroxylation is 1. The molecule has 1 atom stereocenters. The van der Waals surface area contributed by atoms with E-state index < -0.39 is 11.7 Å². The summed E-state index contributed by atoms with van der Waals surface area (Å²) in [7, 11) is 2.06. The standard InChI is InChI=1S/C21H19F3N2O/c1-26-18-5-3-2-4-16(18)17-12-15(10-11-19(17)26)25-20(27)13-6-8-14(9-7-13)21(22,23)24/h2-9,15H,10-12H2,1H3,(H,25,27). The molecular formula is C21H19F3N2O. The number of para-hydroxylation sites is 1. The molecule has 0 fully saturated rings. The van der Waals surface area contributed by atoms with Gasteiger partial charge in [0.2, 0.25) is 0 Å². The van der Waals surface area contributed by atoms with Gasteiger partial charge in [-0.25, -0.2) is 0 Å². The smallest absolute Gasteiger partial charge is 0.349 e. The molecule has 1 aliphatic rings. The Morgan fingerprint density at radius 1 is 1.11 bits per heavy atom. The van der Waals surface area contributed by atoms with Gasteiger partial charge in [0, 0.05) is 35.2 Å². The lowest BCUT2D eigenvalue weighted by molar-refractivity contribution is -0.137. The van der Waals surface area contributed by atoms with Crippen LogP contribution in [0.3, 0.4) is 0 Å². The third kappa shape index (κ3) is 3.20. The summed E-state index contributed by atoms with van der Waals surface area (Å²) >= 11 is 0. The lowest BCUT2D eigenvalue weighted by Gasteiger charge is -2.24. The van der Waals surface area contributed by atoms with E-state index in [0.29, 0.717) is 0 Å². The number of hydrogen-bond donors (Lipinski definition) is 1. The minimum Gasteiger partial charge on any atom is -0.349 e. The predicted molar refractivity (Wildman–Crippen MR) is 97.6 cm³/mol. The molecule has 2 aromatic carbocycles. The number of fused-ring (bicyclic) bond motifs is 3. The van der Waals surface area contributed by atoms with Crippen molar-refractivity contribution in [1.82, 2.24) is 9.88 Å². The van der Waals surface area contributed by atoms with Crippen molar-refractivity contribution < 1.29 is 18.0 Å². The zero-order chi connectivity index (χ0) is 19.2. The Hall–Kier alpha value is -2.76. The maximum Gasteiger partial charge on any atom is 0.416 e. The Kier molecular flexibility index (Phi) is 4.21. The number of nitrogens with one attached hydrogen (secondary N) is 1. The molecule has 0 spiro atoms. The van der Waals surface area contributed by atoms with Crippen LogP contribution in [0, 0.1) is 0 Å². The Bertz CT molecular complexity index is 1000. The van der Waals surface area contributed by atoms with Crippen molar-refractivity contribution >= 4 is 16.8 Å². The average molecular weight is 372 g/mol. The zero-order valence-electron chi connectivity index (χ0n) is 14.8. The van der Waals surface area contributed by atoms with Gasteiger partial charge in [0.1, 0.15) is 0 Å². The number of carbonyl (C=O) groups is 1. The Balaban J connectivity index is 1.52. The van der Waals surface area contributed by atoms with Gasteiger partial charge >= 0.3 is 6.18 Å². The van der Waals surface area contributed by atoms with Crippen molar-refractivity contribution in [1.29, 1.82) is 0 Å². The van der Waals surface area contributed by atoms with Crippen molar-refractivity contribution in [3.63, 3.8) is 0 Å². The van der Waals surface area contributed by atoms with Crippen LogP contribution in [0.1, 0.15) is 33.6 Å². The maximum absolute atomic E-state index is 12.7. The van der Waals surface area contributed by atoms with Crippen LogP contribution in [0.15, 0.2) is 48.5 Å². The molecule has 1 unspecified atom stereocenters. The van der Waals surface area contributed by atoms with Crippen LogP contribution >= 0.6 is 0 Å². The molecule has 4 rings (SSSR count). The third-order valence-corrected chi connectivity index (χ3v) is 5.33. The van der Waals surface area contributed by atoms with Gasteiger partial charge in [0.25, 0.3) is 5.91 Å². The summed E-state index contributed by atoms with van der Waals surface area (Å²) < 4.78 is 40.2. The molecule has 6 heteroatoms. The van der Waals surface area contributed by atoms with Gasteiger partial charge in [-0.2, -0.15) is 13.2 Å². The van der Waals surface area contributed by atoms with E-state index in [4.69, 9.17) is 0 Å². The predicted octanol–water partition coefficient (Wildman–Crippen LogP) is 4.48. The molecule has 0 saturated carbocycles. The molecule has 0 radical (unpaired) electrons. The molecule has 27 heavy (non-hydrogen) atoms. The summed E-state index contributed by atoms with van der Waals surface area (Å²) in [5, 5.41) is 4.18. The zero-order valence-corrected chi connectivity index (χ0v) is 14.8. The van der Waals surface area contributed by atoms with E-state index in [0.717, 1.165) is 31.4 Å². The van der Waals surface area contributed by atoms with Gasteiger partial charge in [0.15, 0.2) is 0 Å². The van der Waals surface area contributed by atoms with Crippen LogP contribution in [0.2, 0.25) is 0 Å². The highest BCUT2D eigenvalue weighted by molar-refractivity contribution is 5.94. The van der Waals surface area contributed by atoms with Crippen molar-refractivity contribution in [3.05, 3.63) is 70.9 Å². The Morgan fingerprint density at radius 2 is 1.81 bits per heavy atom. The molecule has 1 heterocycles. The first-order chi connectivity index (χ1) is 12.8. The maximum atomic E-state index is 12.7. The quantitative estimate of drug-likeness (QED) is 0.707. The molecule has 1 aliphatic carbocycles. The number of alkyl halides is 3. The Labute approximate surface area is 154 Å². The van der Waals surface area contributed by atoms with E-state index in [2.05, 4.69) is 29.1 Å². The first kappa shape index (κ1) is 17.6. The first-order valence-electron chi connectivity index (χ1n) is 8.88. The fourth-order valence-corrected chi connectivity index (χ4v) is 3.93. The summed E-state index contributed by atoms with van der Waals surface area (Å²) in [6.07, 6.45) is -2.01. The highest BCUT2D eigenvalue weighted by Crippen LogP contribution is 2.32. The SMILES string of the molecule is Cn1c2c(c3ccccc31)CC(NC(=O)c1ccc(C(F)(F)F)cc1)CC2. The van der Waals surface area contributed by atoms with Crippen molar-refractivity contribution in [2.45, 2.75) is 31.5 Å². The number of amides is 1. The van der Waals surface area contributed by atoms with E-state index in [-0.39, 0.29) is 17.5 Å². The third-order valence-electron chi connectivity index (χ3n) is 5.33. The summed E-state index contributed by atoms with van der Waals surface area (Å²) in [4.78, 5) is 12.5. The van der Waals surface area contributed by atoms with Crippen LogP contribution in [-0.2, 0) is 26.1 Å². The van der Waals surface area contributed by atoms with Gasteiger partial charge < -0.3 is 9.88 Å². The van der Waals surface area contributed by atoms with Crippen LogP contribution in [-0.4, -0.2) is 16.5 Å². The van der Waals surface area contributed by atoms with E-state index in [1.165, 1.54) is 34.3 Å². The molecule has 0 bridgehead atoms. The van der Waals surface area contributed by atoms with Crippen molar-refractivity contribution in [2.75, 3.05) is 0 Å². The second-order valence-electron chi connectivity index (χ2n) is 6.99. The minimum absolute atomic E-state index is 0.0295. The lowest BCUT2D eigenvalue weighted by atomic mass is 9.91. The molecule has 3 aromatic rings. The van der Waals surface area contributed by atoms with Crippen molar-refractivity contribution in [2.24, 2.45) is 7.05 Å². The van der Waals surface area contributed by atoms with Gasteiger partial charge in [-0.15, -0.1) is 0 Å². The molecule has 140 valence electrons. The van der Waals surface area contributed by atoms with Gasteiger partial charge in [-0.05, 0) is 55.2 Å². The van der Waals surface area contributed by atoms with E-state index in [1.54, 1.807) is 0 Å². The summed E-state index contributed by atoms with van der Waals surface area (Å²) in [5.74, 6) is -0.336. The monoisotopic (exact) mass is 372 g/mol. The average Bonchev–Trinajstić information content (AvgIpc) is 2.94. The molecule has 3 nitrogen and oxygen atoms in total. The van der Waals surface area contributed by atoms with E-state index in [9.17, 15) is 18.0 Å². The Morgan fingerprint density at radius 3 is 2.52 bits per heavy atom. The second kappa shape index (κ2) is 6.44. The minimum atomic E-state index is -4.40. The van der Waals surface area contributed by atoms with Gasteiger partial charge in [-0.1, -0.05) is 18.2 Å². The van der Waals surface area contributed by atoms with Crippen molar-refractivity contribution in [3.8, 4) is 0 Å². The highest BCUT2D eigenvalue weighted by Gasteiger charge is 2.30. The highest BCUT2D eigenvalue weighted by atomic mass is 19.4. The topological polar surface area (TPSA) is 34.0 Å². The number of rotatable bonds is 2. The fraction of sp³-hybridized carbons (Fsp3) is 0.286. The molecule has 0 saturated heterocycles. The number of carbonyl (C=O) groups excluding carboxylic acids is 1. The lowest BCUT2D eigenvalue weighted by Crippen LogP contribution is -2.39. The van der Waals surface area contributed by atoms with Crippen LogP contribution in [0.4, 0.5) is 13.2 Å². The second-order valence-corrected chi connectivity index (χ2v) is 6.99. The van der Waals surface area contributed by atoms with Crippen LogP contribution in [0.25, 0.3) is 10.9 Å². The number of nitrogens with zero attached hydrogens (tertiary/aromatic N) is 1. The fourth-order valence-electron chi connectivity index (χ4n) is 3.93. The van der Waals surface area contributed by atoms with Gasteiger partial charge in [-0.3, -0.25) is 4.79 Å². The number of hydrogen-bond acceptors (Lipinski definition) is 1. The van der Waals surface area contributed by atoms with E-state index >= 15 is 0 Å². The molecular weight excluding hydrogens is 353 g/mol. The molecule has 1 N–H and O–H groups in total. The first-order valence-corrected chi connectivity index (χ1v) is 8.88. The number of aromatic nitrogens is 1. The summed E-state index contributed by atoms with van der Waals surface area (Å²) in [6.45, 7) is 0. The number of halogens is 3. The summed E-state index contributed by atoms with van der Waals surface area (Å²) in [6, 6.07) is 12.5. The van der Waals surface area contributed by atoms with Crippen LogP contribution in [0.5, 0.6) is 0 Å². The van der Waals surface area contributed by atoms with Gasteiger partial charge in [0.05, 0.1) is 5.56 Å². The molecule has 0 aliphatic heterocycles.